The molecule has 0 aromatic carbocycles. The third-order valence-electron chi connectivity index (χ3n) is 4.93. The SMILES string of the molecule is CCNC(=NCCc1ccc(Cl)nc1)N1CC(C)(C)C1(C)C.I. The summed E-state index contributed by atoms with van der Waals surface area (Å²) in [5, 5.41) is 3.95. The first-order valence-electron chi connectivity index (χ1n) is 7.94. The third-order valence-corrected chi connectivity index (χ3v) is 5.15. The molecular weight excluding hydrogens is 423 g/mol. The zero-order chi connectivity index (χ0) is 16.4. The van der Waals surface area contributed by atoms with Crippen molar-refractivity contribution in [3.8, 4) is 0 Å². The van der Waals surface area contributed by atoms with Gasteiger partial charge in [0.15, 0.2) is 5.96 Å². The van der Waals surface area contributed by atoms with Crippen LogP contribution in [0.2, 0.25) is 5.15 Å². The Kier molecular flexibility index (Phi) is 7.13. The summed E-state index contributed by atoms with van der Waals surface area (Å²) in [6.07, 6.45) is 2.69. The molecule has 1 saturated heterocycles. The Hall–Kier alpha value is -0.560. The van der Waals surface area contributed by atoms with E-state index in [9.17, 15) is 0 Å². The first-order valence-corrected chi connectivity index (χ1v) is 8.32. The molecule has 6 heteroatoms. The average Bonchev–Trinajstić information content (AvgIpc) is 2.46. The highest BCUT2D eigenvalue weighted by Crippen LogP contribution is 2.46. The molecule has 1 aromatic heterocycles. The van der Waals surface area contributed by atoms with Gasteiger partial charge in [-0.25, -0.2) is 4.98 Å². The third kappa shape index (κ3) is 4.50. The number of hydrogen-bond donors (Lipinski definition) is 1. The van der Waals surface area contributed by atoms with Crippen LogP contribution in [0.4, 0.5) is 0 Å². The number of rotatable bonds is 4. The number of aromatic nitrogens is 1. The summed E-state index contributed by atoms with van der Waals surface area (Å²) >= 11 is 5.81. The Morgan fingerprint density at radius 2 is 2.04 bits per heavy atom. The van der Waals surface area contributed by atoms with E-state index in [0.29, 0.717) is 10.6 Å². The van der Waals surface area contributed by atoms with E-state index in [-0.39, 0.29) is 29.5 Å². The van der Waals surface area contributed by atoms with E-state index in [2.05, 4.69) is 49.8 Å². The van der Waals surface area contributed by atoms with Gasteiger partial charge in [0.25, 0.3) is 0 Å². The quantitative estimate of drug-likeness (QED) is 0.326. The maximum absolute atomic E-state index is 5.81. The first-order chi connectivity index (χ1) is 10.3. The molecule has 23 heavy (non-hydrogen) atoms. The van der Waals surface area contributed by atoms with Gasteiger partial charge in [-0.2, -0.15) is 0 Å². The fourth-order valence-electron chi connectivity index (χ4n) is 2.64. The average molecular weight is 451 g/mol. The van der Waals surface area contributed by atoms with Crippen molar-refractivity contribution < 1.29 is 0 Å². The summed E-state index contributed by atoms with van der Waals surface area (Å²) in [4.78, 5) is 11.3. The Balaban J connectivity index is 0.00000264. The molecule has 1 aliphatic rings. The van der Waals surface area contributed by atoms with E-state index in [0.717, 1.165) is 37.6 Å². The fraction of sp³-hybridized carbons (Fsp3) is 0.647. The maximum atomic E-state index is 5.81. The van der Waals surface area contributed by atoms with Crippen LogP contribution >= 0.6 is 35.6 Å². The normalized spacial score (nSPS) is 18.9. The monoisotopic (exact) mass is 450 g/mol. The largest absolute Gasteiger partial charge is 0.356 e. The first kappa shape index (κ1) is 20.5. The zero-order valence-corrected chi connectivity index (χ0v) is 17.8. The molecule has 1 N–H and O–H groups in total. The van der Waals surface area contributed by atoms with Crippen LogP contribution in [0.15, 0.2) is 23.3 Å². The number of nitrogens with one attached hydrogen (secondary N) is 1. The van der Waals surface area contributed by atoms with Crippen molar-refractivity contribution in [1.29, 1.82) is 0 Å². The number of nitrogens with zero attached hydrogens (tertiary/aromatic N) is 3. The lowest BCUT2D eigenvalue weighted by atomic mass is 9.65. The predicted molar refractivity (Wildman–Crippen MR) is 109 cm³/mol. The van der Waals surface area contributed by atoms with Crippen LogP contribution in [0.25, 0.3) is 0 Å². The molecule has 130 valence electrons. The van der Waals surface area contributed by atoms with E-state index < -0.39 is 0 Å². The minimum atomic E-state index is 0. The second-order valence-corrected chi connectivity index (χ2v) is 7.39. The van der Waals surface area contributed by atoms with Gasteiger partial charge in [-0.1, -0.05) is 31.5 Å². The number of aliphatic imine (C=N–C) groups is 1. The smallest absolute Gasteiger partial charge is 0.194 e. The molecular formula is C17H28ClIN4. The molecule has 0 radical (unpaired) electrons. The minimum absolute atomic E-state index is 0. The van der Waals surface area contributed by atoms with Crippen molar-refractivity contribution in [3.63, 3.8) is 0 Å². The second kappa shape index (κ2) is 8.01. The molecule has 0 atom stereocenters. The van der Waals surface area contributed by atoms with Gasteiger partial charge in [-0.15, -0.1) is 24.0 Å². The molecule has 1 fully saturated rings. The van der Waals surface area contributed by atoms with Crippen LogP contribution in [0.1, 0.15) is 40.2 Å². The molecule has 0 amide bonds. The summed E-state index contributed by atoms with van der Waals surface area (Å²) in [6.45, 7) is 14.0. The summed E-state index contributed by atoms with van der Waals surface area (Å²) in [7, 11) is 0. The van der Waals surface area contributed by atoms with Crippen molar-refractivity contribution in [3.05, 3.63) is 29.0 Å². The van der Waals surface area contributed by atoms with E-state index in [4.69, 9.17) is 16.6 Å². The lowest BCUT2D eigenvalue weighted by Crippen LogP contribution is -2.72. The molecule has 2 rings (SSSR count). The summed E-state index contributed by atoms with van der Waals surface area (Å²) in [5.41, 5.74) is 1.59. The molecule has 0 spiro atoms. The van der Waals surface area contributed by atoms with Crippen molar-refractivity contribution in [1.82, 2.24) is 15.2 Å². The second-order valence-electron chi connectivity index (χ2n) is 7.00. The van der Waals surface area contributed by atoms with Gasteiger partial charge in [-0.3, -0.25) is 4.99 Å². The van der Waals surface area contributed by atoms with Gasteiger partial charge >= 0.3 is 0 Å². The van der Waals surface area contributed by atoms with E-state index in [1.165, 1.54) is 0 Å². The van der Waals surface area contributed by atoms with Gasteiger partial charge < -0.3 is 10.2 Å². The van der Waals surface area contributed by atoms with E-state index in [1.54, 1.807) is 0 Å². The number of likely N-dealkylation sites (tertiary alicyclic amines) is 1. The highest BCUT2D eigenvalue weighted by Gasteiger charge is 2.53. The fourth-order valence-corrected chi connectivity index (χ4v) is 2.75. The van der Waals surface area contributed by atoms with Crippen molar-refractivity contribution in [2.75, 3.05) is 19.6 Å². The highest BCUT2D eigenvalue weighted by molar-refractivity contribution is 14.0. The van der Waals surface area contributed by atoms with Crippen molar-refractivity contribution in [2.24, 2.45) is 10.4 Å². The standard InChI is InChI=1S/C17H27ClN4.HI/c1-6-19-15(22-12-16(2,3)17(22,4)5)20-10-9-13-7-8-14(18)21-11-13;/h7-8,11H,6,9-10,12H2,1-5H3,(H,19,20);1H. The van der Waals surface area contributed by atoms with Crippen LogP contribution in [-0.4, -0.2) is 41.0 Å². The van der Waals surface area contributed by atoms with Gasteiger partial charge in [0.05, 0.1) is 0 Å². The summed E-state index contributed by atoms with van der Waals surface area (Å²) in [5.74, 6) is 1.01. The van der Waals surface area contributed by atoms with Crippen LogP contribution in [0.5, 0.6) is 0 Å². The summed E-state index contributed by atoms with van der Waals surface area (Å²) < 4.78 is 0. The van der Waals surface area contributed by atoms with E-state index in [1.807, 2.05) is 18.3 Å². The lowest BCUT2D eigenvalue weighted by Gasteiger charge is -2.62. The van der Waals surface area contributed by atoms with Gasteiger partial charge in [0.1, 0.15) is 5.15 Å². The van der Waals surface area contributed by atoms with Crippen LogP contribution in [0.3, 0.4) is 0 Å². The highest BCUT2D eigenvalue weighted by atomic mass is 127. The Labute approximate surface area is 162 Å². The minimum Gasteiger partial charge on any atom is -0.356 e. The molecule has 1 aromatic rings. The topological polar surface area (TPSA) is 40.5 Å². The molecule has 0 aliphatic carbocycles. The van der Waals surface area contributed by atoms with Crippen LogP contribution in [-0.2, 0) is 6.42 Å². The Morgan fingerprint density at radius 3 is 2.52 bits per heavy atom. The van der Waals surface area contributed by atoms with Gasteiger partial charge in [0, 0.05) is 36.8 Å². The molecule has 4 nitrogen and oxygen atoms in total. The van der Waals surface area contributed by atoms with Gasteiger partial charge in [0.2, 0.25) is 0 Å². The maximum Gasteiger partial charge on any atom is 0.194 e. The number of hydrogen-bond acceptors (Lipinski definition) is 2. The number of halogens is 2. The molecule has 0 bridgehead atoms. The lowest BCUT2D eigenvalue weighted by molar-refractivity contribution is -0.0667. The predicted octanol–water partition coefficient (Wildman–Crippen LogP) is 3.98. The van der Waals surface area contributed by atoms with Crippen LogP contribution in [0, 0.1) is 5.41 Å². The number of pyridine rings is 1. The summed E-state index contributed by atoms with van der Waals surface area (Å²) in [6, 6.07) is 3.83. The van der Waals surface area contributed by atoms with Crippen molar-refractivity contribution in [2.45, 2.75) is 46.6 Å². The van der Waals surface area contributed by atoms with Gasteiger partial charge in [-0.05, 0) is 38.8 Å². The Bertz CT molecular complexity index is 540. The number of guanidine groups is 1. The molecule has 1 aliphatic heterocycles. The van der Waals surface area contributed by atoms with Crippen molar-refractivity contribution >= 4 is 41.5 Å². The zero-order valence-electron chi connectivity index (χ0n) is 14.7. The molecule has 0 unspecified atom stereocenters. The molecule has 0 saturated carbocycles. The molecule has 2 heterocycles. The Morgan fingerprint density at radius 1 is 1.35 bits per heavy atom. The van der Waals surface area contributed by atoms with Crippen LogP contribution < -0.4 is 5.32 Å². The van der Waals surface area contributed by atoms with E-state index >= 15 is 0 Å².